The van der Waals surface area contributed by atoms with Gasteiger partial charge >= 0.3 is 5.97 Å². The molecule has 4 heteroatoms. The minimum Gasteiger partial charge on any atom is -0.510 e. The van der Waals surface area contributed by atoms with Gasteiger partial charge in [0.05, 0.1) is 7.11 Å². The minimum absolute atomic E-state index is 0.0772. The molecule has 2 aromatic carbocycles. The Morgan fingerprint density at radius 3 is 2.09 bits per heavy atom. The number of rotatable bonds is 5. The van der Waals surface area contributed by atoms with Gasteiger partial charge in [0.2, 0.25) is 0 Å². The van der Waals surface area contributed by atoms with Crippen molar-refractivity contribution in [1.29, 1.82) is 0 Å². The zero-order valence-corrected chi connectivity index (χ0v) is 12.7. The number of hydrogen-bond acceptors (Lipinski definition) is 4. The Hall–Kier alpha value is -2.75. The molecule has 0 saturated carbocycles. The SMILES string of the molecule is COC(=O)/C(=C(\C)O)N(Cc1ccccc1)c1ccccc1. The van der Waals surface area contributed by atoms with Crippen LogP contribution in [0.1, 0.15) is 12.5 Å². The molecule has 0 fully saturated rings. The molecule has 0 aliphatic rings. The predicted molar refractivity (Wildman–Crippen MR) is 86.4 cm³/mol. The van der Waals surface area contributed by atoms with Crippen molar-refractivity contribution >= 4 is 11.7 Å². The lowest BCUT2D eigenvalue weighted by Gasteiger charge is -2.26. The summed E-state index contributed by atoms with van der Waals surface area (Å²) in [6, 6.07) is 19.2. The van der Waals surface area contributed by atoms with Crippen LogP contribution >= 0.6 is 0 Å². The number of carbonyl (C=O) groups excluding carboxylic acids is 1. The zero-order chi connectivity index (χ0) is 15.9. The van der Waals surface area contributed by atoms with Crippen LogP contribution in [0.4, 0.5) is 5.69 Å². The third kappa shape index (κ3) is 3.67. The summed E-state index contributed by atoms with van der Waals surface area (Å²) < 4.78 is 4.82. The molecule has 2 rings (SSSR count). The van der Waals surface area contributed by atoms with Crippen LogP contribution < -0.4 is 4.90 Å². The molecule has 0 aromatic heterocycles. The average Bonchev–Trinajstić information content (AvgIpc) is 2.55. The van der Waals surface area contributed by atoms with E-state index in [9.17, 15) is 9.90 Å². The number of hydrogen-bond donors (Lipinski definition) is 1. The highest BCUT2D eigenvalue weighted by Crippen LogP contribution is 2.24. The van der Waals surface area contributed by atoms with Crippen molar-refractivity contribution in [3.8, 4) is 0 Å². The van der Waals surface area contributed by atoms with Gasteiger partial charge in [-0.1, -0.05) is 48.5 Å². The number of benzene rings is 2. The van der Waals surface area contributed by atoms with Crippen molar-refractivity contribution in [3.63, 3.8) is 0 Å². The molecule has 0 bridgehead atoms. The molecule has 114 valence electrons. The summed E-state index contributed by atoms with van der Waals surface area (Å²) in [5.74, 6) is -0.647. The van der Waals surface area contributed by atoms with Gasteiger partial charge in [-0.2, -0.15) is 0 Å². The maximum atomic E-state index is 12.1. The molecule has 2 aromatic rings. The van der Waals surface area contributed by atoms with Crippen molar-refractivity contribution in [2.45, 2.75) is 13.5 Å². The Balaban J connectivity index is 2.46. The molecule has 0 amide bonds. The average molecular weight is 297 g/mol. The summed E-state index contributed by atoms with van der Waals surface area (Å²) >= 11 is 0. The number of para-hydroxylation sites is 1. The monoisotopic (exact) mass is 297 g/mol. The summed E-state index contributed by atoms with van der Waals surface area (Å²) in [6.45, 7) is 1.93. The highest BCUT2D eigenvalue weighted by atomic mass is 16.5. The number of aliphatic hydroxyl groups excluding tert-OH is 1. The van der Waals surface area contributed by atoms with E-state index >= 15 is 0 Å². The summed E-state index contributed by atoms with van der Waals surface area (Å²) in [6.07, 6.45) is 0. The number of esters is 1. The van der Waals surface area contributed by atoms with Crippen LogP contribution in [0.15, 0.2) is 72.1 Å². The van der Waals surface area contributed by atoms with Crippen molar-refractivity contribution in [2.24, 2.45) is 0 Å². The first-order chi connectivity index (χ1) is 10.6. The number of nitrogens with zero attached hydrogens (tertiary/aromatic N) is 1. The van der Waals surface area contributed by atoms with Gasteiger partial charge in [0.15, 0.2) is 5.70 Å². The number of ether oxygens (including phenoxy) is 1. The topological polar surface area (TPSA) is 49.8 Å². The Morgan fingerprint density at radius 2 is 1.59 bits per heavy atom. The quantitative estimate of drug-likeness (QED) is 0.520. The normalized spacial score (nSPS) is 11.5. The Kier molecular flexibility index (Phi) is 5.20. The van der Waals surface area contributed by atoms with E-state index in [4.69, 9.17) is 4.74 Å². The molecule has 0 unspecified atom stereocenters. The second-order valence-electron chi connectivity index (χ2n) is 4.83. The van der Waals surface area contributed by atoms with Gasteiger partial charge < -0.3 is 14.7 Å². The van der Waals surface area contributed by atoms with Gasteiger partial charge in [-0.25, -0.2) is 4.79 Å². The Labute approximate surface area is 130 Å². The lowest BCUT2D eigenvalue weighted by Crippen LogP contribution is -2.29. The summed E-state index contributed by atoms with van der Waals surface area (Å²) in [7, 11) is 1.30. The van der Waals surface area contributed by atoms with Crippen LogP contribution in [0.5, 0.6) is 0 Å². The molecule has 0 radical (unpaired) electrons. The fourth-order valence-electron chi connectivity index (χ4n) is 2.22. The van der Waals surface area contributed by atoms with Gasteiger partial charge in [0.1, 0.15) is 5.76 Å². The van der Waals surface area contributed by atoms with Gasteiger partial charge in [-0.05, 0) is 24.6 Å². The van der Waals surface area contributed by atoms with E-state index in [-0.39, 0.29) is 11.5 Å². The van der Waals surface area contributed by atoms with E-state index in [0.29, 0.717) is 6.54 Å². The van der Waals surface area contributed by atoms with Crippen molar-refractivity contribution in [1.82, 2.24) is 0 Å². The first-order valence-corrected chi connectivity index (χ1v) is 6.98. The predicted octanol–water partition coefficient (Wildman–Crippen LogP) is 3.66. The Morgan fingerprint density at radius 1 is 1.05 bits per heavy atom. The third-order valence-electron chi connectivity index (χ3n) is 3.24. The fourth-order valence-corrected chi connectivity index (χ4v) is 2.22. The summed E-state index contributed by atoms with van der Waals surface area (Å²) in [5.41, 5.74) is 1.96. The molecule has 0 atom stereocenters. The summed E-state index contributed by atoms with van der Waals surface area (Å²) in [5, 5.41) is 9.96. The number of allylic oxidation sites excluding steroid dienone is 1. The molecule has 0 saturated heterocycles. The molecule has 0 spiro atoms. The largest absolute Gasteiger partial charge is 0.510 e. The second-order valence-corrected chi connectivity index (χ2v) is 4.83. The molecular weight excluding hydrogens is 278 g/mol. The van der Waals surface area contributed by atoms with Crippen LogP contribution in [0, 0.1) is 0 Å². The number of methoxy groups -OCH3 is 1. The van der Waals surface area contributed by atoms with Gasteiger partial charge in [-0.3, -0.25) is 0 Å². The standard InChI is InChI=1S/C18H19NO3/c1-14(20)17(18(21)22-2)19(16-11-7-4-8-12-16)13-15-9-5-3-6-10-15/h3-12,20H,13H2,1-2H3/b17-14-. The molecule has 0 heterocycles. The van der Waals surface area contributed by atoms with Gasteiger partial charge in [0.25, 0.3) is 0 Å². The first kappa shape index (κ1) is 15.6. The first-order valence-electron chi connectivity index (χ1n) is 6.98. The lowest BCUT2D eigenvalue weighted by molar-refractivity contribution is -0.136. The van der Waals surface area contributed by atoms with E-state index in [1.165, 1.54) is 14.0 Å². The molecule has 22 heavy (non-hydrogen) atoms. The van der Waals surface area contributed by atoms with Crippen LogP contribution in [0.25, 0.3) is 0 Å². The van der Waals surface area contributed by atoms with E-state index in [1.807, 2.05) is 60.7 Å². The van der Waals surface area contributed by atoms with Gasteiger partial charge in [0, 0.05) is 12.2 Å². The van der Waals surface area contributed by atoms with E-state index in [0.717, 1.165) is 11.3 Å². The Bertz CT molecular complexity index is 647. The smallest absolute Gasteiger partial charge is 0.358 e. The second kappa shape index (κ2) is 7.31. The van der Waals surface area contributed by atoms with Crippen LogP contribution in [0.3, 0.4) is 0 Å². The summed E-state index contributed by atoms with van der Waals surface area (Å²) in [4.78, 5) is 13.8. The lowest BCUT2D eigenvalue weighted by atomic mass is 10.1. The molecule has 0 aliphatic carbocycles. The van der Waals surface area contributed by atoms with Crippen LogP contribution in [0.2, 0.25) is 0 Å². The third-order valence-corrected chi connectivity index (χ3v) is 3.24. The van der Waals surface area contributed by atoms with E-state index in [2.05, 4.69) is 0 Å². The molecule has 1 N–H and O–H groups in total. The van der Waals surface area contributed by atoms with Crippen molar-refractivity contribution in [3.05, 3.63) is 77.7 Å². The maximum absolute atomic E-state index is 12.1. The fraction of sp³-hybridized carbons (Fsp3) is 0.167. The highest BCUT2D eigenvalue weighted by Gasteiger charge is 2.23. The zero-order valence-electron chi connectivity index (χ0n) is 12.7. The number of aliphatic hydroxyl groups is 1. The van der Waals surface area contributed by atoms with Crippen molar-refractivity contribution < 1.29 is 14.6 Å². The highest BCUT2D eigenvalue weighted by molar-refractivity contribution is 5.93. The van der Waals surface area contributed by atoms with Crippen molar-refractivity contribution in [2.75, 3.05) is 12.0 Å². The van der Waals surface area contributed by atoms with E-state index in [1.54, 1.807) is 4.90 Å². The number of anilines is 1. The molecule has 0 aliphatic heterocycles. The van der Waals surface area contributed by atoms with Crippen LogP contribution in [-0.2, 0) is 16.1 Å². The molecular formula is C18H19NO3. The van der Waals surface area contributed by atoms with Crippen LogP contribution in [-0.4, -0.2) is 18.2 Å². The van der Waals surface area contributed by atoms with Gasteiger partial charge in [-0.15, -0.1) is 0 Å². The molecule has 4 nitrogen and oxygen atoms in total. The number of carbonyl (C=O) groups is 1. The van der Waals surface area contributed by atoms with E-state index < -0.39 is 5.97 Å². The maximum Gasteiger partial charge on any atom is 0.358 e. The minimum atomic E-state index is -0.570.